The van der Waals surface area contributed by atoms with E-state index in [1.165, 1.54) is 0 Å². The molecule has 0 bridgehead atoms. The van der Waals surface area contributed by atoms with E-state index in [9.17, 15) is 4.79 Å². The van der Waals surface area contributed by atoms with Crippen LogP contribution in [-0.2, 0) is 0 Å². The van der Waals surface area contributed by atoms with Crippen LogP contribution in [0.5, 0.6) is 0 Å². The molecule has 0 radical (unpaired) electrons. The number of nitrogens with zero attached hydrogens (tertiary/aromatic N) is 2. The van der Waals surface area contributed by atoms with Crippen molar-refractivity contribution in [1.29, 1.82) is 0 Å². The second-order valence-electron chi connectivity index (χ2n) is 4.68. The number of hydrogen-bond donors (Lipinski definition) is 1. The summed E-state index contributed by atoms with van der Waals surface area (Å²) in [5.41, 5.74) is 1.58. The van der Waals surface area contributed by atoms with Crippen molar-refractivity contribution in [1.82, 2.24) is 9.88 Å². The third kappa shape index (κ3) is 2.81. The van der Waals surface area contributed by atoms with Crippen molar-refractivity contribution in [3.63, 3.8) is 0 Å². The molecule has 1 heterocycles. The fourth-order valence-corrected chi connectivity index (χ4v) is 2.14. The zero-order valence-electron chi connectivity index (χ0n) is 11.1. The van der Waals surface area contributed by atoms with Gasteiger partial charge in [0.1, 0.15) is 0 Å². The fourth-order valence-electron chi connectivity index (χ4n) is 2.14. The molecule has 4 heteroatoms. The minimum absolute atomic E-state index is 0.137. The smallest absolute Gasteiger partial charge is 0.256 e. The van der Waals surface area contributed by atoms with Gasteiger partial charge in [-0.25, -0.2) is 0 Å². The van der Waals surface area contributed by atoms with Crippen LogP contribution in [0.25, 0.3) is 0 Å². The Labute approximate surface area is 108 Å². The van der Waals surface area contributed by atoms with Crippen LogP contribution < -0.4 is 5.32 Å². The lowest BCUT2D eigenvalue weighted by molar-refractivity contribution is 0.0744. The maximum atomic E-state index is 12.6. The zero-order chi connectivity index (χ0) is 13.0. The van der Waals surface area contributed by atoms with Crippen LogP contribution >= 0.6 is 0 Å². The number of pyridine rings is 1. The van der Waals surface area contributed by atoms with Crippen molar-refractivity contribution >= 4 is 11.6 Å². The molecule has 1 fully saturated rings. The summed E-state index contributed by atoms with van der Waals surface area (Å²) in [4.78, 5) is 18.7. The second kappa shape index (κ2) is 5.85. The van der Waals surface area contributed by atoms with Gasteiger partial charge in [0.05, 0.1) is 17.4 Å². The van der Waals surface area contributed by atoms with E-state index in [1.54, 1.807) is 12.4 Å². The lowest BCUT2D eigenvalue weighted by Gasteiger charge is -2.23. The largest absolute Gasteiger partial charge is 0.383 e. The quantitative estimate of drug-likeness (QED) is 0.840. The topological polar surface area (TPSA) is 45.2 Å². The third-order valence-electron chi connectivity index (χ3n) is 3.13. The number of nitrogens with one attached hydrogen (secondary N) is 1. The van der Waals surface area contributed by atoms with Crippen LogP contribution in [0.2, 0.25) is 0 Å². The molecule has 1 aromatic heterocycles. The summed E-state index contributed by atoms with van der Waals surface area (Å²) < 4.78 is 0. The van der Waals surface area contributed by atoms with Gasteiger partial charge < -0.3 is 10.2 Å². The Morgan fingerprint density at radius 3 is 2.89 bits per heavy atom. The van der Waals surface area contributed by atoms with Gasteiger partial charge in [0.25, 0.3) is 5.91 Å². The average molecular weight is 247 g/mol. The predicted octanol–water partition coefficient (Wildman–Crippen LogP) is 2.53. The number of carbonyl (C=O) groups excluding carboxylic acids is 1. The molecular weight excluding hydrogens is 226 g/mol. The Bertz CT molecular complexity index is 415. The number of hydrogen-bond acceptors (Lipinski definition) is 3. The highest BCUT2D eigenvalue weighted by molar-refractivity contribution is 5.99. The summed E-state index contributed by atoms with van der Waals surface area (Å²) in [5, 5.41) is 3.20. The van der Waals surface area contributed by atoms with Crippen molar-refractivity contribution in [2.75, 3.05) is 18.4 Å². The van der Waals surface area contributed by atoms with Gasteiger partial charge in [0.2, 0.25) is 0 Å². The molecular formula is C14H21N3O. The van der Waals surface area contributed by atoms with Crippen molar-refractivity contribution in [2.45, 2.75) is 39.2 Å². The first-order chi connectivity index (χ1) is 8.77. The molecule has 1 saturated carbocycles. The van der Waals surface area contributed by atoms with Crippen molar-refractivity contribution in [2.24, 2.45) is 0 Å². The second-order valence-corrected chi connectivity index (χ2v) is 4.68. The van der Waals surface area contributed by atoms with Crippen molar-refractivity contribution < 1.29 is 4.79 Å². The zero-order valence-corrected chi connectivity index (χ0v) is 11.1. The number of amides is 1. The third-order valence-corrected chi connectivity index (χ3v) is 3.13. The first-order valence-corrected chi connectivity index (χ1v) is 6.76. The van der Waals surface area contributed by atoms with E-state index in [0.29, 0.717) is 6.04 Å². The van der Waals surface area contributed by atoms with E-state index >= 15 is 0 Å². The predicted molar refractivity (Wildman–Crippen MR) is 72.8 cm³/mol. The lowest BCUT2D eigenvalue weighted by atomic mass is 10.2. The molecule has 1 aromatic rings. The molecule has 2 rings (SSSR count). The summed E-state index contributed by atoms with van der Waals surface area (Å²) >= 11 is 0. The minimum Gasteiger partial charge on any atom is -0.383 e. The van der Waals surface area contributed by atoms with E-state index in [4.69, 9.17) is 0 Å². The maximum Gasteiger partial charge on any atom is 0.256 e. The number of rotatable bonds is 6. The molecule has 98 valence electrons. The maximum absolute atomic E-state index is 12.6. The average Bonchev–Trinajstić information content (AvgIpc) is 3.20. The van der Waals surface area contributed by atoms with E-state index < -0.39 is 0 Å². The van der Waals surface area contributed by atoms with Crippen LogP contribution in [0, 0.1) is 0 Å². The molecule has 0 aliphatic heterocycles. The highest BCUT2D eigenvalue weighted by atomic mass is 16.2. The molecule has 0 aromatic carbocycles. The van der Waals surface area contributed by atoms with E-state index in [1.807, 2.05) is 17.9 Å². The van der Waals surface area contributed by atoms with Gasteiger partial charge in [0.15, 0.2) is 0 Å². The van der Waals surface area contributed by atoms with Crippen LogP contribution in [0.15, 0.2) is 18.5 Å². The molecule has 18 heavy (non-hydrogen) atoms. The fraction of sp³-hybridized carbons (Fsp3) is 0.571. The van der Waals surface area contributed by atoms with Gasteiger partial charge in [-0.15, -0.1) is 0 Å². The number of anilines is 1. The summed E-state index contributed by atoms with van der Waals surface area (Å²) in [5.74, 6) is 0.137. The van der Waals surface area contributed by atoms with Crippen molar-refractivity contribution in [3.8, 4) is 0 Å². The summed E-state index contributed by atoms with van der Waals surface area (Å²) in [6.07, 6.45) is 6.71. The SMILES string of the molecule is CCCN(C(=O)c1ccncc1NCC)C1CC1. The summed E-state index contributed by atoms with van der Waals surface area (Å²) in [6.45, 7) is 5.77. The van der Waals surface area contributed by atoms with Gasteiger partial charge in [-0.05, 0) is 32.3 Å². The Balaban J connectivity index is 2.20. The highest BCUT2D eigenvalue weighted by Crippen LogP contribution is 2.29. The summed E-state index contributed by atoms with van der Waals surface area (Å²) in [6, 6.07) is 2.27. The Hall–Kier alpha value is -1.58. The number of aromatic nitrogens is 1. The van der Waals surface area contributed by atoms with Crippen molar-refractivity contribution in [3.05, 3.63) is 24.0 Å². The minimum atomic E-state index is 0.137. The van der Waals surface area contributed by atoms with Gasteiger partial charge >= 0.3 is 0 Å². The molecule has 1 aliphatic carbocycles. The standard InChI is InChI=1S/C14H21N3O/c1-3-9-17(11-5-6-11)14(18)12-7-8-15-10-13(12)16-4-2/h7-8,10-11,16H,3-6,9H2,1-2H3. The molecule has 1 N–H and O–H groups in total. The Morgan fingerprint density at radius 2 is 2.28 bits per heavy atom. The van der Waals surface area contributed by atoms with Gasteiger partial charge in [-0.1, -0.05) is 6.92 Å². The number of carbonyl (C=O) groups is 1. The van der Waals surface area contributed by atoms with Crippen LogP contribution in [-0.4, -0.2) is 34.9 Å². The van der Waals surface area contributed by atoms with Crippen LogP contribution in [0.3, 0.4) is 0 Å². The molecule has 1 aliphatic rings. The van der Waals surface area contributed by atoms with Gasteiger partial charge in [-0.2, -0.15) is 0 Å². The molecule has 0 atom stereocenters. The first kappa shape index (κ1) is 12.9. The van der Waals surface area contributed by atoms with E-state index in [-0.39, 0.29) is 5.91 Å². The van der Waals surface area contributed by atoms with Crippen LogP contribution in [0.1, 0.15) is 43.5 Å². The first-order valence-electron chi connectivity index (χ1n) is 6.76. The molecule has 4 nitrogen and oxygen atoms in total. The highest BCUT2D eigenvalue weighted by Gasteiger charge is 2.33. The van der Waals surface area contributed by atoms with Gasteiger partial charge in [-0.3, -0.25) is 9.78 Å². The van der Waals surface area contributed by atoms with Gasteiger partial charge in [0, 0.05) is 25.3 Å². The lowest BCUT2D eigenvalue weighted by Crippen LogP contribution is -2.34. The molecule has 0 saturated heterocycles. The van der Waals surface area contributed by atoms with Crippen LogP contribution in [0.4, 0.5) is 5.69 Å². The summed E-state index contributed by atoms with van der Waals surface area (Å²) in [7, 11) is 0. The molecule has 1 amide bonds. The Morgan fingerprint density at radius 1 is 1.50 bits per heavy atom. The van der Waals surface area contributed by atoms with E-state index in [2.05, 4.69) is 17.2 Å². The molecule has 0 spiro atoms. The monoisotopic (exact) mass is 247 g/mol. The normalized spacial score (nSPS) is 14.3. The van der Waals surface area contributed by atoms with E-state index in [0.717, 1.165) is 43.6 Å². The Kier molecular flexibility index (Phi) is 4.18. The molecule has 0 unspecified atom stereocenters.